The predicted octanol–water partition coefficient (Wildman–Crippen LogP) is 4.99. The molecule has 0 radical (unpaired) electrons. The lowest BCUT2D eigenvalue weighted by Crippen LogP contribution is -2.56. The number of aliphatic hydroxyl groups excluding tert-OH is 1. The first-order valence-corrected chi connectivity index (χ1v) is 15.2. The molecule has 0 aliphatic carbocycles. The number of ether oxygens (including phenoxy) is 2. The van der Waals surface area contributed by atoms with Gasteiger partial charge in [0.2, 0.25) is 5.91 Å². The van der Waals surface area contributed by atoms with Crippen LogP contribution in [0.15, 0.2) is 43.5 Å². The third kappa shape index (κ3) is 5.46. The quantitative estimate of drug-likeness (QED) is 0.177. The molecular formula is C32H43ClN2O6. The lowest BCUT2D eigenvalue weighted by atomic mass is 9.65. The Morgan fingerprint density at radius 1 is 1.22 bits per heavy atom. The highest BCUT2D eigenvalue weighted by Crippen LogP contribution is 2.64. The van der Waals surface area contributed by atoms with E-state index in [4.69, 9.17) is 21.1 Å². The number of likely N-dealkylation sites (tertiary alicyclic amines) is 1. The maximum atomic E-state index is 14.7. The average molecular weight is 587 g/mol. The van der Waals surface area contributed by atoms with Gasteiger partial charge in [-0.15, -0.1) is 13.2 Å². The zero-order valence-electron chi connectivity index (χ0n) is 24.3. The fraction of sp³-hybridized carbons (Fsp3) is 0.594. The Bertz CT molecular complexity index is 1150. The Morgan fingerprint density at radius 3 is 2.66 bits per heavy atom. The van der Waals surface area contributed by atoms with Crippen molar-refractivity contribution in [1.82, 2.24) is 4.90 Å². The van der Waals surface area contributed by atoms with Crippen LogP contribution in [-0.4, -0.2) is 71.3 Å². The molecule has 3 fully saturated rings. The molecule has 41 heavy (non-hydrogen) atoms. The Labute approximate surface area is 248 Å². The molecule has 0 aromatic heterocycles. The number of carbonyl (C=O) groups is 3. The minimum atomic E-state index is -1.16. The second-order valence-corrected chi connectivity index (χ2v) is 11.8. The van der Waals surface area contributed by atoms with Crippen LogP contribution >= 0.6 is 11.6 Å². The van der Waals surface area contributed by atoms with Gasteiger partial charge in [-0.3, -0.25) is 14.4 Å². The first kappa shape index (κ1) is 31.3. The highest BCUT2D eigenvalue weighted by molar-refractivity contribution is 6.34. The molecule has 2 unspecified atom stereocenters. The highest BCUT2D eigenvalue weighted by Gasteiger charge is 2.79. The molecule has 4 rings (SSSR count). The van der Waals surface area contributed by atoms with Gasteiger partial charge in [-0.2, -0.15) is 0 Å². The summed E-state index contributed by atoms with van der Waals surface area (Å²) in [7, 11) is 0. The van der Waals surface area contributed by atoms with E-state index in [0.717, 1.165) is 18.4 Å². The summed E-state index contributed by atoms with van der Waals surface area (Å²) in [6.45, 7) is 12.1. The second-order valence-electron chi connectivity index (χ2n) is 11.4. The molecule has 1 spiro atoms. The van der Waals surface area contributed by atoms with E-state index in [9.17, 15) is 19.5 Å². The maximum absolute atomic E-state index is 14.7. The van der Waals surface area contributed by atoms with Crippen LogP contribution in [-0.2, 0) is 23.9 Å². The summed E-state index contributed by atoms with van der Waals surface area (Å²) in [6, 6.07) is 4.49. The first-order valence-electron chi connectivity index (χ1n) is 14.8. The molecular weight excluding hydrogens is 544 g/mol. The van der Waals surface area contributed by atoms with Gasteiger partial charge in [0.05, 0.1) is 28.8 Å². The third-order valence-electron chi connectivity index (χ3n) is 9.06. The molecule has 1 aromatic carbocycles. The lowest BCUT2D eigenvalue weighted by Gasteiger charge is -2.37. The molecule has 2 amide bonds. The van der Waals surface area contributed by atoms with Crippen LogP contribution in [0.1, 0.15) is 63.9 Å². The van der Waals surface area contributed by atoms with Crippen LogP contribution in [0.2, 0.25) is 5.02 Å². The summed E-state index contributed by atoms with van der Waals surface area (Å²) in [4.78, 5) is 45.8. The number of carbonyl (C=O) groups excluding carboxylic acids is 3. The van der Waals surface area contributed by atoms with Crippen molar-refractivity contribution in [3.05, 3.63) is 54.1 Å². The number of para-hydroxylation sites is 1. The summed E-state index contributed by atoms with van der Waals surface area (Å²) >= 11 is 6.62. The Morgan fingerprint density at radius 2 is 2.00 bits per heavy atom. The molecule has 224 valence electrons. The molecule has 1 aromatic rings. The molecule has 1 N–H and O–H groups in total. The van der Waals surface area contributed by atoms with Crippen molar-refractivity contribution in [3.63, 3.8) is 0 Å². The van der Waals surface area contributed by atoms with Crippen molar-refractivity contribution in [2.24, 2.45) is 11.8 Å². The first-order chi connectivity index (χ1) is 19.7. The van der Waals surface area contributed by atoms with Crippen molar-refractivity contribution in [2.75, 3.05) is 31.2 Å². The van der Waals surface area contributed by atoms with Crippen LogP contribution in [0.5, 0.6) is 0 Å². The SMILES string of the molecule is C=CCCCCOC(=O)[C@H]1[C@H]2C(=O)N(CCCCO)C(C(=O)N(CC=C)c3c(C)cccc3Cl)C23CC[C@]1(CC)O3. The largest absolute Gasteiger partial charge is 0.465 e. The zero-order chi connectivity index (χ0) is 29.8. The van der Waals surface area contributed by atoms with Crippen molar-refractivity contribution >= 4 is 35.1 Å². The molecule has 3 saturated heterocycles. The van der Waals surface area contributed by atoms with E-state index in [1.54, 1.807) is 21.9 Å². The predicted molar refractivity (Wildman–Crippen MR) is 159 cm³/mol. The number of nitrogens with zero attached hydrogens (tertiary/aromatic N) is 2. The number of hydrogen-bond acceptors (Lipinski definition) is 6. The Kier molecular flexibility index (Phi) is 9.98. The summed E-state index contributed by atoms with van der Waals surface area (Å²) in [5.74, 6) is -2.62. The van der Waals surface area contributed by atoms with Crippen molar-refractivity contribution < 1.29 is 29.0 Å². The number of aliphatic hydroxyl groups is 1. The van der Waals surface area contributed by atoms with Crippen molar-refractivity contribution in [1.29, 1.82) is 0 Å². The normalized spacial score (nSPS) is 28.0. The number of benzene rings is 1. The van der Waals surface area contributed by atoms with Crippen molar-refractivity contribution in [3.8, 4) is 0 Å². The van der Waals surface area contributed by atoms with E-state index in [0.29, 0.717) is 49.2 Å². The van der Waals surface area contributed by atoms with Crippen molar-refractivity contribution in [2.45, 2.75) is 82.5 Å². The van der Waals surface area contributed by atoms with Crippen LogP contribution in [0.4, 0.5) is 5.69 Å². The number of aryl methyl sites for hydroxylation is 1. The average Bonchev–Trinajstić information content (AvgIpc) is 3.55. The molecule has 2 bridgehead atoms. The molecule has 3 aliphatic heterocycles. The number of fused-ring (bicyclic) bond motifs is 1. The second kappa shape index (κ2) is 13.1. The van der Waals surface area contributed by atoms with Crippen LogP contribution < -0.4 is 4.90 Å². The molecule has 5 atom stereocenters. The van der Waals surface area contributed by atoms with Gasteiger partial charge in [-0.05, 0) is 69.9 Å². The standard InChI is InChI=1S/C32H43ClN2O6/c1-5-8-9-12-21-40-30(39)25-24-28(37)35(19-10-11-20-36)27(32(24)17-16-31(25,7-3)41-32)29(38)34(18-6-2)26-22(4)14-13-15-23(26)33/h5-6,13-15,24-25,27,36H,1-2,7-12,16-21H2,3-4H3/t24-,25+,27?,31-,32?/m0/s1. The Hall–Kier alpha value is -2.68. The monoisotopic (exact) mass is 586 g/mol. The van der Waals surface area contributed by atoms with Gasteiger partial charge in [0.25, 0.3) is 5.91 Å². The Balaban J connectivity index is 1.74. The number of hydrogen-bond donors (Lipinski definition) is 1. The zero-order valence-corrected chi connectivity index (χ0v) is 25.0. The van der Waals surface area contributed by atoms with Gasteiger partial charge in [0.1, 0.15) is 17.6 Å². The topological polar surface area (TPSA) is 96.4 Å². The summed E-state index contributed by atoms with van der Waals surface area (Å²) in [5.41, 5.74) is -0.644. The highest BCUT2D eigenvalue weighted by atomic mass is 35.5. The van der Waals surface area contributed by atoms with E-state index in [-0.39, 0.29) is 38.1 Å². The number of anilines is 1. The molecule has 0 saturated carbocycles. The molecule has 9 heteroatoms. The lowest BCUT2D eigenvalue weighted by molar-refractivity contribution is -0.161. The van der Waals surface area contributed by atoms with E-state index in [1.165, 1.54) is 0 Å². The van der Waals surface area contributed by atoms with E-state index >= 15 is 0 Å². The fourth-order valence-corrected chi connectivity index (χ4v) is 7.50. The number of unbranched alkanes of at least 4 members (excludes halogenated alkanes) is 3. The van der Waals surface area contributed by atoms with Gasteiger partial charge in [0.15, 0.2) is 0 Å². The van der Waals surface area contributed by atoms with Gasteiger partial charge in [0, 0.05) is 19.7 Å². The molecule has 8 nitrogen and oxygen atoms in total. The van der Waals surface area contributed by atoms with Crippen LogP contribution in [0.3, 0.4) is 0 Å². The van der Waals surface area contributed by atoms with E-state index in [2.05, 4.69) is 13.2 Å². The number of amides is 2. The van der Waals surface area contributed by atoms with Crippen LogP contribution in [0, 0.1) is 18.8 Å². The minimum absolute atomic E-state index is 0.0210. The van der Waals surface area contributed by atoms with Crippen LogP contribution in [0.25, 0.3) is 0 Å². The number of esters is 1. The maximum Gasteiger partial charge on any atom is 0.312 e. The van der Waals surface area contributed by atoms with E-state index < -0.39 is 35.0 Å². The molecule has 3 aliphatic rings. The minimum Gasteiger partial charge on any atom is -0.465 e. The summed E-state index contributed by atoms with van der Waals surface area (Å²) in [6.07, 6.45) is 8.44. The number of allylic oxidation sites excluding steroid dienone is 1. The fourth-order valence-electron chi connectivity index (χ4n) is 7.18. The van der Waals surface area contributed by atoms with Gasteiger partial charge in [-0.1, -0.05) is 42.8 Å². The summed E-state index contributed by atoms with van der Waals surface area (Å²) in [5, 5.41) is 9.86. The smallest absolute Gasteiger partial charge is 0.312 e. The van der Waals surface area contributed by atoms with Gasteiger partial charge >= 0.3 is 5.97 Å². The summed E-state index contributed by atoms with van der Waals surface area (Å²) < 4.78 is 12.6. The number of halogens is 1. The number of rotatable bonds is 15. The van der Waals surface area contributed by atoms with Gasteiger partial charge < -0.3 is 24.4 Å². The van der Waals surface area contributed by atoms with E-state index in [1.807, 2.05) is 32.1 Å². The molecule has 3 heterocycles. The van der Waals surface area contributed by atoms with Gasteiger partial charge in [-0.25, -0.2) is 0 Å². The third-order valence-corrected chi connectivity index (χ3v) is 9.36.